The van der Waals surface area contributed by atoms with E-state index < -0.39 is 17.8 Å². The summed E-state index contributed by atoms with van der Waals surface area (Å²) >= 11 is 1.21. The quantitative estimate of drug-likeness (QED) is 0.488. The van der Waals surface area contributed by atoms with Gasteiger partial charge in [-0.25, -0.2) is 9.59 Å². The van der Waals surface area contributed by atoms with E-state index in [1.165, 1.54) is 35.1 Å². The van der Waals surface area contributed by atoms with Gasteiger partial charge in [-0.3, -0.25) is 10.1 Å². The van der Waals surface area contributed by atoms with Gasteiger partial charge in [-0.15, -0.1) is 10.2 Å². The fraction of sp³-hybridized carbons (Fsp3) is 0.105. The molecule has 0 bridgehead atoms. The Morgan fingerprint density at radius 2 is 1.71 bits per heavy atom. The van der Waals surface area contributed by atoms with Gasteiger partial charge >= 0.3 is 11.9 Å². The molecule has 1 aliphatic rings. The van der Waals surface area contributed by atoms with E-state index >= 15 is 0 Å². The highest BCUT2D eigenvalue weighted by Gasteiger charge is 2.30. The molecule has 8 nitrogen and oxygen atoms in total. The van der Waals surface area contributed by atoms with Crippen molar-refractivity contribution in [3.05, 3.63) is 70.8 Å². The van der Waals surface area contributed by atoms with Crippen LogP contribution in [0.4, 0.5) is 10.3 Å². The van der Waals surface area contributed by atoms with Crippen LogP contribution in [-0.4, -0.2) is 34.6 Å². The zero-order chi connectivity index (χ0) is 19.5. The van der Waals surface area contributed by atoms with Crippen LogP contribution in [0.1, 0.15) is 36.6 Å². The zero-order valence-electron chi connectivity index (χ0n) is 14.5. The van der Waals surface area contributed by atoms with Crippen LogP contribution in [0.3, 0.4) is 0 Å². The highest BCUT2D eigenvalue weighted by atomic mass is 32.1. The molecule has 9 heteroatoms. The summed E-state index contributed by atoms with van der Waals surface area (Å²) in [4.78, 5) is 35.5. The predicted molar refractivity (Wildman–Crippen MR) is 103 cm³/mol. The number of hydrogen-bond acceptors (Lipinski definition) is 8. The zero-order valence-corrected chi connectivity index (χ0v) is 15.3. The van der Waals surface area contributed by atoms with Gasteiger partial charge in [0.1, 0.15) is 0 Å². The van der Waals surface area contributed by atoms with E-state index in [1.807, 2.05) is 30.3 Å². The third-order valence-corrected chi connectivity index (χ3v) is 4.88. The summed E-state index contributed by atoms with van der Waals surface area (Å²) in [5.74, 6) is -1.92. The molecule has 0 aliphatic carbocycles. The van der Waals surface area contributed by atoms with Crippen molar-refractivity contribution in [2.24, 2.45) is 0 Å². The molecule has 1 aromatic heterocycles. The standard InChI is InChI=1S/C19H14N4O4S/c24-15(12-6-7-13-14(10-12)17(26)27-16(13)25)21-19-23-22-18(28-19)20-9-8-11-4-2-1-3-5-11/h1-7,10H,8-9H2,(H,20,22)(H,21,23,24). The van der Waals surface area contributed by atoms with Gasteiger partial charge < -0.3 is 10.1 Å². The van der Waals surface area contributed by atoms with E-state index in [0.717, 1.165) is 6.42 Å². The summed E-state index contributed by atoms with van der Waals surface area (Å²) in [6, 6.07) is 14.2. The molecule has 0 saturated carbocycles. The van der Waals surface area contributed by atoms with Crippen molar-refractivity contribution in [2.75, 3.05) is 17.2 Å². The van der Waals surface area contributed by atoms with E-state index in [1.54, 1.807) is 0 Å². The molecular formula is C19H14N4O4S. The Labute approximate surface area is 163 Å². The van der Waals surface area contributed by atoms with E-state index in [2.05, 4.69) is 25.6 Å². The van der Waals surface area contributed by atoms with Crippen molar-refractivity contribution < 1.29 is 19.1 Å². The number of rotatable bonds is 6. The molecule has 2 aromatic carbocycles. The summed E-state index contributed by atoms with van der Waals surface area (Å²) in [5, 5.41) is 14.6. The van der Waals surface area contributed by atoms with Crippen molar-refractivity contribution in [3.8, 4) is 0 Å². The molecule has 0 radical (unpaired) electrons. The highest BCUT2D eigenvalue weighted by Crippen LogP contribution is 2.23. The molecule has 0 spiro atoms. The lowest BCUT2D eigenvalue weighted by molar-refractivity contribution is 0.0443. The maximum absolute atomic E-state index is 12.4. The van der Waals surface area contributed by atoms with Crippen LogP contribution in [0.2, 0.25) is 0 Å². The van der Waals surface area contributed by atoms with Gasteiger partial charge in [0.05, 0.1) is 11.1 Å². The third kappa shape index (κ3) is 3.74. The Hall–Kier alpha value is -3.59. The van der Waals surface area contributed by atoms with Crippen LogP contribution >= 0.6 is 11.3 Å². The van der Waals surface area contributed by atoms with Crippen LogP contribution in [0.5, 0.6) is 0 Å². The first-order chi connectivity index (χ1) is 13.6. The van der Waals surface area contributed by atoms with E-state index in [0.29, 0.717) is 16.8 Å². The summed E-state index contributed by atoms with van der Waals surface area (Å²) < 4.78 is 4.52. The number of anilines is 2. The molecule has 28 heavy (non-hydrogen) atoms. The van der Waals surface area contributed by atoms with Crippen molar-refractivity contribution >= 4 is 39.4 Å². The lowest BCUT2D eigenvalue weighted by Crippen LogP contribution is -2.12. The second kappa shape index (κ2) is 7.57. The van der Waals surface area contributed by atoms with Crippen molar-refractivity contribution in [2.45, 2.75) is 6.42 Å². The molecule has 3 aromatic rings. The maximum Gasteiger partial charge on any atom is 0.346 e. The first-order valence-electron chi connectivity index (χ1n) is 8.43. The number of ether oxygens (including phenoxy) is 1. The lowest BCUT2D eigenvalue weighted by Gasteiger charge is -2.02. The number of nitrogens with one attached hydrogen (secondary N) is 2. The van der Waals surface area contributed by atoms with Crippen molar-refractivity contribution in [1.82, 2.24) is 10.2 Å². The lowest BCUT2D eigenvalue weighted by atomic mass is 10.1. The number of esters is 2. The topological polar surface area (TPSA) is 110 Å². The molecule has 0 fully saturated rings. The van der Waals surface area contributed by atoms with Gasteiger partial charge in [-0.1, -0.05) is 41.7 Å². The molecule has 0 atom stereocenters. The average Bonchev–Trinajstić information content (AvgIpc) is 3.26. The molecule has 0 saturated heterocycles. The van der Waals surface area contributed by atoms with Crippen LogP contribution in [0.15, 0.2) is 48.5 Å². The van der Waals surface area contributed by atoms with Gasteiger partial charge in [0.15, 0.2) is 0 Å². The van der Waals surface area contributed by atoms with E-state index in [9.17, 15) is 14.4 Å². The molecule has 0 unspecified atom stereocenters. The molecule has 140 valence electrons. The number of hydrogen-bond donors (Lipinski definition) is 2. The third-order valence-electron chi connectivity index (χ3n) is 4.09. The molecule has 1 aliphatic heterocycles. The number of nitrogens with zero attached hydrogens (tertiary/aromatic N) is 2. The van der Waals surface area contributed by atoms with Crippen molar-refractivity contribution in [1.29, 1.82) is 0 Å². The molecular weight excluding hydrogens is 380 g/mol. The summed E-state index contributed by atoms with van der Waals surface area (Å²) in [6.45, 7) is 0.688. The number of cyclic esters (lactones) is 2. The summed E-state index contributed by atoms with van der Waals surface area (Å²) in [5.41, 5.74) is 1.67. The minimum Gasteiger partial charge on any atom is -0.386 e. The summed E-state index contributed by atoms with van der Waals surface area (Å²) in [7, 11) is 0. The molecule has 1 amide bonds. The Bertz CT molecular complexity index is 1060. The summed E-state index contributed by atoms with van der Waals surface area (Å²) in [6.07, 6.45) is 0.839. The largest absolute Gasteiger partial charge is 0.386 e. The fourth-order valence-corrected chi connectivity index (χ4v) is 3.36. The average molecular weight is 394 g/mol. The van der Waals surface area contributed by atoms with Gasteiger partial charge in [-0.05, 0) is 30.2 Å². The highest BCUT2D eigenvalue weighted by molar-refractivity contribution is 7.19. The molecule has 2 N–H and O–H groups in total. The Morgan fingerprint density at radius 1 is 0.964 bits per heavy atom. The normalized spacial score (nSPS) is 12.4. The molecule has 4 rings (SSSR count). The maximum atomic E-state index is 12.4. The van der Waals surface area contributed by atoms with E-state index in [4.69, 9.17) is 0 Å². The first kappa shape index (κ1) is 17.8. The number of benzene rings is 2. The smallest absolute Gasteiger partial charge is 0.346 e. The predicted octanol–water partition coefficient (Wildman–Crippen LogP) is 2.76. The van der Waals surface area contributed by atoms with Crippen LogP contribution < -0.4 is 10.6 Å². The second-order valence-electron chi connectivity index (χ2n) is 5.97. The Kier molecular flexibility index (Phi) is 4.81. The van der Waals surface area contributed by atoms with E-state index in [-0.39, 0.29) is 16.7 Å². The van der Waals surface area contributed by atoms with Gasteiger partial charge in [0.2, 0.25) is 10.3 Å². The Balaban J connectivity index is 1.36. The monoisotopic (exact) mass is 394 g/mol. The van der Waals surface area contributed by atoms with Crippen molar-refractivity contribution in [3.63, 3.8) is 0 Å². The Morgan fingerprint density at radius 3 is 2.54 bits per heavy atom. The minimum atomic E-state index is -0.754. The minimum absolute atomic E-state index is 0.0816. The van der Waals surface area contributed by atoms with Gasteiger partial charge in [0, 0.05) is 12.1 Å². The van der Waals surface area contributed by atoms with Crippen LogP contribution in [0, 0.1) is 0 Å². The number of aromatic nitrogens is 2. The number of carbonyl (C=O) groups is 3. The van der Waals surface area contributed by atoms with Crippen LogP contribution in [-0.2, 0) is 11.2 Å². The van der Waals surface area contributed by atoms with Crippen LogP contribution in [0.25, 0.3) is 0 Å². The first-order valence-corrected chi connectivity index (χ1v) is 9.25. The number of fused-ring (bicyclic) bond motifs is 1. The molecule has 2 heterocycles. The number of amides is 1. The van der Waals surface area contributed by atoms with Gasteiger partial charge in [-0.2, -0.15) is 0 Å². The second-order valence-corrected chi connectivity index (χ2v) is 6.94. The SMILES string of the molecule is O=C(Nc1nnc(NCCc2ccccc2)s1)c1ccc2c(c1)C(=O)OC2=O. The number of carbonyl (C=O) groups excluding carboxylic acids is 3. The fourth-order valence-electron chi connectivity index (χ4n) is 2.70. The van der Waals surface area contributed by atoms with Gasteiger partial charge in [0.25, 0.3) is 5.91 Å².